The summed E-state index contributed by atoms with van der Waals surface area (Å²) in [7, 11) is 0. The quantitative estimate of drug-likeness (QED) is 0.653. The predicted octanol–water partition coefficient (Wildman–Crippen LogP) is -0.342. The van der Waals surface area contributed by atoms with Crippen molar-refractivity contribution in [2.75, 3.05) is 5.73 Å². The number of amides is 1. The minimum atomic E-state index is -0.778. The van der Waals surface area contributed by atoms with Crippen LogP contribution in [-0.4, -0.2) is 44.0 Å². The third-order valence-electron chi connectivity index (χ3n) is 3.92. The van der Waals surface area contributed by atoms with Crippen molar-refractivity contribution in [1.82, 2.24) is 14.5 Å². The minimum Gasteiger partial charge on any atom is -0.390 e. The summed E-state index contributed by atoms with van der Waals surface area (Å²) >= 11 is 0. The lowest BCUT2D eigenvalue weighted by Gasteiger charge is -2.14. The first kappa shape index (κ1) is 15.4. The van der Waals surface area contributed by atoms with E-state index >= 15 is 0 Å². The van der Waals surface area contributed by atoms with Crippen LogP contribution in [0, 0.1) is 6.92 Å². The summed E-state index contributed by atoms with van der Waals surface area (Å²) in [5.74, 6) is -0.0627. The molecule has 2 aromatic rings. The molecule has 9 heteroatoms. The zero-order valence-corrected chi connectivity index (χ0v) is 12.5. The molecular weight excluding hydrogens is 302 g/mol. The lowest BCUT2D eigenvalue weighted by atomic mass is 10.1. The number of rotatable bonds is 4. The number of carbonyl (C=O) groups excluding carboxylic acids is 2. The van der Waals surface area contributed by atoms with Crippen LogP contribution in [0.2, 0.25) is 0 Å². The summed E-state index contributed by atoms with van der Waals surface area (Å²) in [6, 6.07) is 0. The molecular formula is C14H17N5O4. The van der Waals surface area contributed by atoms with Crippen LogP contribution in [0.4, 0.5) is 5.82 Å². The number of anilines is 1. The van der Waals surface area contributed by atoms with Gasteiger partial charge < -0.3 is 30.7 Å². The number of ether oxygens (including phenoxy) is 1. The van der Waals surface area contributed by atoms with E-state index in [0.29, 0.717) is 23.1 Å². The van der Waals surface area contributed by atoms with Gasteiger partial charge in [0.25, 0.3) is 5.91 Å². The average molecular weight is 319 g/mol. The van der Waals surface area contributed by atoms with Crippen LogP contribution in [0.3, 0.4) is 0 Å². The Kier molecular flexibility index (Phi) is 3.74. The molecule has 2 aromatic heterocycles. The second-order valence-corrected chi connectivity index (χ2v) is 5.50. The Morgan fingerprint density at radius 3 is 2.96 bits per heavy atom. The van der Waals surface area contributed by atoms with Crippen LogP contribution >= 0.6 is 0 Å². The van der Waals surface area contributed by atoms with Gasteiger partial charge in [0.2, 0.25) is 0 Å². The molecule has 1 aliphatic heterocycles. The molecule has 5 N–H and O–H groups in total. The Bertz CT molecular complexity index is 787. The number of aliphatic hydroxyl groups excluding tert-OH is 1. The smallest absolute Gasteiger partial charge is 0.251 e. The van der Waals surface area contributed by atoms with Crippen molar-refractivity contribution in [3.05, 3.63) is 17.6 Å². The van der Waals surface area contributed by atoms with Gasteiger partial charge in [-0.3, -0.25) is 4.79 Å². The fourth-order valence-electron chi connectivity index (χ4n) is 2.89. The van der Waals surface area contributed by atoms with Gasteiger partial charge in [0.1, 0.15) is 29.8 Å². The van der Waals surface area contributed by atoms with Crippen molar-refractivity contribution in [3.8, 4) is 0 Å². The largest absolute Gasteiger partial charge is 0.390 e. The molecule has 9 nitrogen and oxygen atoms in total. The molecule has 0 aliphatic carbocycles. The van der Waals surface area contributed by atoms with Crippen LogP contribution in [0.25, 0.3) is 11.0 Å². The van der Waals surface area contributed by atoms with Crippen molar-refractivity contribution < 1.29 is 19.4 Å². The first-order valence-corrected chi connectivity index (χ1v) is 7.14. The summed E-state index contributed by atoms with van der Waals surface area (Å²) in [5.41, 5.74) is 11.9. The van der Waals surface area contributed by atoms with E-state index in [1.807, 2.05) is 0 Å². The number of nitrogens with zero attached hydrogens (tertiary/aromatic N) is 3. The topological polar surface area (TPSA) is 146 Å². The fraction of sp³-hybridized carbons (Fsp3) is 0.429. The van der Waals surface area contributed by atoms with Crippen LogP contribution in [0.5, 0.6) is 0 Å². The lowest BCUT2D eigenvalue weighted by molar-refractivity contribution is -0.112. The number of aryl methyl sites for hydroxylation is 1. The molecule has 0 bridgehead atoms. The number of nitrogen functional groups attached to an aromatic ring is 1. The minimum absolute atomic E-state index is 0.0930. The molecule has 3 rings (SSSR count). The van der Waals surface area contributed by atoms with Gasteiger partial charge in [0, 0.05) is 19.0 Å². The standard InChI is InChI=1S/C14H17N5O4/c1-6-17-12(15)11-7(13(16)22)5-19(14(11)18-6)10-4-8(21)9(23-10)2-3-20/h3,5,8-10,21H,2,4H2,1H3,(H2,16,22)(H2,15,17,18)/t8-,9+,10+/m0/s1. The second-order valence-electron chi connectivity index (χ2n) is 5.50. The molecule has 3 heterocycles. The second kappa shape index (κ2) is 5.60. The van der Waals surface area contributed by atoms with E-state index in [2.05, 4.69) is 9.97 Å². The molecule has 1 saturated heterocycles. The summed E-state index contributed by atoms with van der Waals surface area (Å²) in [5, 5.41) is 10.4. The number of carbonyl (C=O) groups is 2. The number of hydrogen-bond acceptors (Lipinski definition) is 7. The molecule has 0 spiro atoms. The molecule has 1 aliphatic rings. The molecule has 1 fully saturated rings. The summed E-state index contributed by atoms with van der Waals surface area (Å²) in [6.07, 6.45) is 0.618. The van der Waals surface area contributed by atoms with Crippen LogP contribution in [0.15, 0.2) is 6.20 Å². The van der Waals surface area contributed by atoms with Crippen molar-refractivity contribution >= 4 is 29.0 Å². The number of hydrogen-bond donors (Lipinski definition) is 3. The monoisotopic (exact) mass is 319 g/mol. The molecule has 0 unspecified atom stereocenters. The number of fused-ring (bicyclic) bond motifs is 1. The highest BCUT2D eigenvalue weighted by Gasteiger charge is 2.36. The van der Waals surface area contributed by atoms with E-state index in [4.69, 9.17) is 16.2 Å². The highest BCUT2D eigenvalue weighted by molar-refractivity contribution is 6.08. The highest BCUT2D eigenvalue weighted by atomic mass is 16.5. The molecule has 1 amide bonds. The van der Waals surface area contributed by atoms with E-state index in [9.17, 15) is 14.7 Å². The van der Waals surface area contributed by atoms with Crippen molar-refractivity contribution in [3.63, 3.8) is 0 Å². The third kappa shape index (κ3) is 2.53. The molecule has 3 atom stereocenters. The van der Waals surface area contributed by atoms with Gasteiger partial charge in [0.15, 0.2) is 0 Å². The summed E-state index contributed by atoms with van der Waals surface area (Å²) in [6.45, 7) is 1.68. The van der Waals surface area contributed by atoms with Crippen LogP contribution < -0.4 is 11.5 Å². The van der Waals surface area contributed by atoms with Gasteiger partial charge in [-0.15, -0.1) is 0 Å². The summed E-state index contributed by atoms with van der Waals surface area (Å²) < 4.78 is 7.32. The van der Waals surface area contributed by atoms with E-state index in [-0.39, 0.29) is 24.2 Å². The Balaban J connectivity index is 2.11. The molecule has 0 saturated carbocycles. The number of aliphatic hydroxyl groups is 1. The lowest BCUT2D eigenvalue weighted by Crippen LogP contribution is -2.20. The number of primary amides is 1. The number of nitrogens with two attached hydrogens (primary N) is 2. The average Bonchev–Trinajstić information content (AvgIpc) is 3.01. The van der Waals surface area contributed by atoms with E-state index in [1.54, 1.807) is 11.5 Å². The SMILES string of the molecule is Cc1nc(N)c2c(C(N)=O)cn([C@H]3C[C@H](O)[C@@H](CC=O)O3)c2n1. The van der Waals surface area contributed by atoms with Crippen molar-refractivity contribution in [2.45, 2.75) is 38.2 Å². The molecule has 122 valence electrons. The molecule has 23 heavy (non-hydrogen) atoms. The zero-order chi connectivity index (χ0) is 16.7. The van der Waals surface area contributed by atoms with Crippen LogP contribution in [0.1, 0.15) is 35.3 Å². The van der Waals surface area contributed by atoms with E-state index in [1.165, 1.54) is 6.20 Å². The first-order valence-electron chi connectivity index (χ1n) is 7.14. The van der Waals surface area contributed by atoms with Gasteiger partial charge in [-0.25, -0.2) is 9.97 Å². The van der Waals surface area contributed by atoms with Gasteiger partial charge in [-0.2, -0.15) is 0 Å². The van der Waals surface area contributed by atoms with E-state index < -0.39 is 24.3 Å². The highest BCUT2D eigenvalue weighted by Crippen LogP contribution is 2.35. The maximum absolute atomic E-state index is 11.7. The first-order chi connectivity index (χ1) is 10.9. The Hall–Kier alpha value is -2.52. The Morgan fingerprint density at radius 1 is 1.57 bits per heavy atom. The predicted molar refractivity (Wildman–Crippen MR) is 80.4 cm³/mol. The van der Waals surface area contributed by atoms with Gasteiger partial charge in [0.05, 0.1) is 23.2 Å². The Labute approximate surface area is 131 Å². The molecule has 0 aromatic carbocycles. The zero-order valence-electron chi connectivity index (χ0n) is 12.5. The van der Waals surface area contributed by atoms with Gasteiger partial charge in [-0.1, -0.05) is 0 Å². The van der Waals surface area contributed by atoms with Crippen molar-refractivity contribution in [1.29, 1.82) is 0 Å². The molecule has 0 radical (unpaired) electrons. The fourth-order valence-corrected chi connectivity index (χ4v) is 2.89. The normalized spacial score (nSPS) is 24.2. The van der Waals surface area contributed by atoms with Gasteiger partial charge in [-0.05, 0) is 6.92 Å². The summed E-state index contributed by atoms with van der Waals surface area (Å²) in [4.78, 5) is 30.7. The van der Waals surface area contributed by atoms with Gasteiger partial charge >= 0.3 is 0 Å². The maximum Gasteiger partial charge on any atom is 0.251 e. The number of aromatic nitrogens is 3. The Morgan fingerprint density at radius 2 is 2.30 bits per heavy atom. The maximum atomic E-state index is 11.7. The third-order valence-corrected chi connectivity index (χ3v) is 3.92. The van der Waals surface area contributed by atoms with E-state index in [0.717, 1.165) is 0 Å². The van der Waals surface area contributed by atoms with Crippen LogP contribution in [-0.2, 0) is 9.53 Å². The number of aldehydes is 1. The van der Waals surface area contributed by atoms with Crippen molar-refractivity contribution in [2.24, 2.45) is 5.73 Å².